The summed E-state index contributed by atoms with van der Waals surface area (Å²) >= 11 is 4.31. The summed E-state index contributed by atoms with van der Waals surface area (Å²) in [5.74, 6) is -0.409. The van der Waals surface area contributed by atoms with Gasteiger partial charge < -0.3 is 0 Å². The van der Waals surface area contributed by atoms with Gasteiger partial charge in [0.05, 0.1) is 10.9 Å². The van der Waals surface area contributed by atoms with Crippen LogP contribution >= 0.6 is 12.2 Å². The average Bonchev–Trinajstić information content (AvgIpc) is 2.30. The molecule has 0 fully saturated rings. The molecule has 5 heteroatoms. The fourth-order valence-electron chi connectivity index (χ4n) is 0.910. The van der Waals surface area contributed by atoms with Gasteiger partial charge in [0.2, 0.25) is 0 Å². The van der Waals surface area contributed by atoms with E-state index in [2.05, 4.69) is 22.3 Å². The summed E-state index contributed by atoms with van der Waals surface area (Å²) in [7, 11) is 1.68. The second-order valence-electron chi connectivity index (χ2n) is 2.30. The first-order valence-electron chi connectivity index (χ1n) is 3.28. The number of amides is 1. The van der Waals surface area contributed by atoms with E-state index < -0.39 is 5.91 Å². The number of carbonyl (C=O) groups excluding carboxylic acids is 1. The van der Waals surface area contributed by atoms with E-state index in [0.29, 0.717) is 5.69 Å². The van der Waals surface area contributed by atoms with Crippen molar-refractivity contribution in [2.45, 2.75) is 6.92 Å². The molecule has 0 atom stereocenters. The first-order chi connectivity index (χ1) is 5.65. The number of thiocarbonyl (C=S) groups is 1. The van der Waals surface area contributed by atoms with Crippen LogP contribution in [-0.4, -0.2) is 20.8 Å². The number of hydrogen-bond donors (Lipinski definition) is 0. The van der Waals surface area contributed by atoms with Crippen LogP contribution in [0.4, 0.5) is 0 Å². The van der Waals surface area contributed by atoms with Crippen molar-refractivity contribution < 1.29 is 4.79 Å². The standard InChI is InChI=1S/C7H7N3OS/c1-5-3-6(10(2)9-5)7(11)8-4-12/h3H,1-2H3. The third-order valence-corrected chi connectivity index (χ3v) is 1.46. The van der Waals surface area contributed by atoms with Gasteiger partial charge in [-0.15, -0.1) is 0 Å². The van der Waals surface area contributed by atoms with Gasteiger partial charge in [0, 0.05) is 7.05 Å². The summed E-state index contributed by atoms with van der Waals surface area (Å²) in [5.41, 5.74) is 1.20. The van der Waals surface area contributed by atoms with Crippen LogP contribution in [0.2, 0.25) is 0 Å². The molecule has 0 N–H and O–H groups in total. The van der Waals surface area contributed by atoms with E-state index in [0.717, 1.165) is 5.69 Å². The van der Waals surface area contributed by atoms with Crippen molar-refractivity contribution in [3.05, 3.63) is 17.5 Å². The Morgan fingerprint density at radius 1 is 1.83 bits per heavy atom. The molecule has 0 aromatic carbocycles. The molecule has 1 amide bonds. The summed E-state index contributed by atoms with van der Waals surface area (Å²) in [5, 5.41) is 6.01. The minimum Gasteiger partial charge on any atom is -0.264 e. The highest BCUT2D eigenvalue weighted by atomic mass is 32.1. The number of nitrogens with zero attached hydrogens (tertiary/aromatic N) is 3. The quantitative estimate of drug-likeness (QED) is 0.479. The Bertz CT molecular complexity index is 363. The monoisotopic (exact) mass is 181 g/mol. The van der Waals surface area contributed by atoms with Gasteiger partial charge >= 0.3 is 5.91 Å². The second-order valence-corrected chi connectivity index (χ2v) is 2.49. The zero-order chi connectivity index (χ0) is 9.14. The molecule has 12 heavy (non-hydrogen) atoms. The lowest BCUT2D eigenvalue weighted by Crippen LogP contribution is -2.03. The molecule has 1 rings (SSSR count). The molecule has 1 aromatic rings. The van der Waals surface area contributed by atoms with Gasteiger partial charge in [-0.05, 0) is 25.2 Å². The van der Waals surface area contributed by atoms with Gasteiger partial charge in [-0.3, -0.25) is 9.48 Å². The SMILES string of the molecule is Cc1cc(C(=O)N=C=S)n(C)n1. The molecule has 0 saturated heterocycles. The zero-order valence-corrected chi connectivity index (χ0v) is 7.55. The molecule has 0 aliphatic heterocycles. The molecule has 1 heterocycles. The summed E-state index contributed by atoms with van der Waals surface area (Å²) in [6, 6.07) is 1.65. The first-order valence-corrected chi connectivity index (χ1v) is 3.69. The highest BCUT2D eigenvalue weighted by Gasteiger charge is 2.09. The van der Waals surface area contributed by atoms with Crippen molar-refractivity contribution in [1.82, 2.24) is 9.78 Å². The first kappa shape index (κ1) is 8.77. The van der Waals surface area contributed by atoms with E-state index in [1.54, 1.807) is 20.0 Å². The Kier molecular flexibility index (Phi) is 2.47. The van der Waals surface area contributed by atoms with Crippen molar-refractivity contribution in [2.75, 3.05) is 0 Å². The highest BCUT2D eigenvalue weighted by Crippen LogP contribution is 2.02. The topological polar surface area (TPSA) is 47.2 Å². The smallest absolute Gasteiger partial charge is 0.264 e. The number of rotatable bonds is 1. The molecule has 0 radical (unpaired) electrons. The molecule has 0 aliphatic carbocycles. The highest BCUT2D eigenvalue weighted by molar-refractivity contribution is 7.78. The molecule has 0 aliphatic rings. The number of isothiocyanates is 1. The fourth-order valence-corrected chi connectivity index (χ4v) is 0.992. The Hall–Kier alpha value is -1.32. The maximum Gasteiger partial charge on any atom is 0.304 e. The van der Waals surface area contributed by atoms with Crippen LogP contribution in [0.5, 0.6) is 0 Å². The van der Waals surface area contributed by atoms with E-state index in [1.165, 1.54) is 4.68 Å². The number of aromatic nitrogens is 2. The molecular formula is C7H7N3OS. The van der Waals surface area contributed by atoms with Crippen LogP contribution in [0.15, 0.2) is 11.1 Å². The summed E-state index contributed by atoms with van der Waals surface area (Å²) in [6.45, 7) is 1.80. The van der Waals surface area contributed by atoms with Crippen molar-refractivity contribution >= 4 is 23.3 Å². The normalized spacial score (nSPS) is 9.17. The van der Waals surface area contributed by atoms with E-state index in [9.17, 15) is 4.79 Å². The maximum absolute atomic E-state index is 11.1. The Balaban J connectivity index is 3.10. The summed E-state index contributed by atoms with van der Waals surface area (Å²) < 4.78 is 1.47. The van der Waals surface area contributed by atoms with Gasteiger partial charge in [-0.1, -0.05) is 0 Å². The predicted molar refractivity (Wildman–Crippen MR) is 47.3 cm³/mol. The van der Waals surface area contributed by atoms with Crippen LogP contribution in [-0.2, 0) is 7.05 Å². The summed E-state index contributed by atoms with van der Waals surface area (Å²) in [4.78, 5) is 14.5. The molecule has 0 unspecified atom stereocenters. The van der Waals surface area contributed by atoms with Gasteiger partial charge in [0.25, 0.3) is 0 Å². The molecular weight excluding hydrogens is 174 g/mol. The van der Waals surface area contributed by atoms with Crippen LogP contribution in [0, 0.1) is 6.92 Å². The lowest BCUT2D eigenvalue weighted by atomic mass is 10.3. The molecule has 0 saturated carbocycles. The molecule has 62 valence electrons. The third-order valence-electron chi connectivity index (χ3n) is 1.37. The number of aliphatic imine (C=N–C) groups is 1. The van der Waals surface area contributed by atoms with E-state index >= 15 is 0 Å². The summed E-state index contributed by atoms with van der Waals surface area (Å²) in [6.07, 6.45) is 0. The number of hydrogen-bond acceptors (Lipinski definition) is 3. The molecule has 0 spiro atoms. The van der Waals surface area contributed by atoms with Gasteiger partial charge in [0.15, 0.2) is 0 Å². The molecule has 0 bridgehead atoms. The zero-order valence-electron chi connectivity index (χ0n) is 6.74. The predicted octanol–water partition coefficient (Wildman–Crippen LogP) is 0.972. The van der Waals surface area contributed by atoms with Crippen molar-refractivity contribution in [2.24, 2.45) is 12.0 Å². The van der Waals surface area contributed by atoms with Crippen LogP contribution in [0.25, 0.3) is 0 Å². The average molecular weight is 181 g/mol. The number of carbonyl (C=O) groups is 1. The third kappa shape index (κ3) is 1.64. The van der Waals surface area contributed by atoms with Crippen molar-refractivity contribution in [1.29, 1.82) is 0 Å². The van der Waals surface area contributed by atoms with Gasteiger partial charge in [-0.25, -0.2) is 0 Å². The van der Waals surface area contributed by atoms with Crippen LogP contribution in [0.3, 0.4) is 0 Å². The van der Waals surface area contributed by atoms with Crippen LogP contribution < -0.4 is 0 Å². The van der Waals surface area contributed by atoms with Gasteiger partial charge in [0.1, 0.15) is 5.69 Å². The Morgan fingerprint density at radius 3 is 2.92 bits per heavy atom. The lowest BCUT2D eigenvalue weighted by molar-refractivity contribution is 0.0995. The van der Waals surface area contributed by atoms with Crippen LogP contribution in [0.1, 0.15) is 16.2 Å². The lowest BCUT2D eigenvalue weighted by Gasteiger charge is -1.92. The van der Waals surface area contributed by atoms with Gasteiger partial charge in [-0.2, -0.15) is 10.1 Å². The Morgan fingerprint density at radius 2 is 2.50 bits per heavy atom. The maximum atomic E-state index is 11.1. The second kappa shape index (κ2) is 3.38. The number of aryl methyl sites for hydroxylation is 2. The Labute approximate surface area is 74.9 Å². The van der Waals surface area contributed by atoms with Crippen molar-refractivity contribution in [3.8, 4) is 0 Å². The largest absolute Gasteiger partial charge is 0.304 e. The minimum absolute atomic E-state index is 0.409. The van der Waals surface area contributed by atoms with Crippen molar-refractivity contribution in [3.63, 3.8) is 0 Å². The molecule has 1 aromatic heterocycles. The van der Waals surface area contributed by atoms with E-state index in [4.69, 9.17) is 0 Å². The molecule has 4 nitrogen and oxygen atoms in total. The minimum atomic E-state index is -0.409. The van der Waals surface area contributed by atoms with E-state index in [-0.39, 0.29) is 0 Å². The van der Waals surface area contributed by atoms with E-state index in [1.807, 2.05) is 5.16 Å². The fraction of sp³-hybridized carbons (Fsp3) is 0.286.